The molecule has 1 fully saturated rings. The Bertz CT molecular complexity index is 602. The molecule has 1 aliphatic heterocycles. The number of piperidine rings is 1. The maximum Gasteiger partial charge on any atom is 0.338 e. The molecule has 2 rings (SSSR count). The number of nitro benzene ring substituents is 1. The van der Waals surface area contributed by atoms with E-state index in [1.165, 1.54) is 19.2 Å². The molecule has 1 aromatic carbocycles. The summed E-state index contributed by atoms with van der Waals surface area (Å²) in [6.07, 6.45) is 2.69. The van der Waals surface area contributed by atoms with Gasteiger partial charge in [0.15, 0.2) is 0 Å². The van der Waals surface area contributed by atoms with Crippen molar-refractivity contribution in [3.63, 3.8) is 0 Å². The summed E-state index contributed by atoms with van der Waals surface area (Å²) in [5, 5.41) is 16.6. The molecule has 1 aliphatic rings. The number of ether oxygens (including phenoxy) is 1. The van der Waals surface area contributed by atoms with E-state index in [9.17, 15) is 19.7 Å². The van der Waals surface area contributed by atoms with E-state index in [4.69, 9.17) is 0 Å². The second-order valence-corrected chi connectivity index (χ2v) is 5.01. The van der Waals surface area contributed by atoms with Crippen LogP contribution in [-0.2, 0) is 9.53 Å². The molecule has 23 heavy (non-hydrogen) atoms. The van der Waals surface area contributed by atoms with E-state index in [-0.39, 0.29) is 41.3 Å². The predicted molar refractivity (Wildman–Crippen MR) is 86.0 cm³/mol. The highest BCUT2D eigenvalue weighted by Crippen LogP contribution is 2.22. The summed E-state index contributed by atoms with van der Waals surface area (Å²) < 4.78 is 4.56. The van der Waals surface area contributed by atoms with Gasteiger partial charge in [0.05, 0.1) is 23.6 Å². The first-order valence-corrected chi connectivity index (χ1v) is 6.93. The fraction of sp³-hybridized carbons (Fsp3) is 0.429. The van der Waals surface area contributed by atoms with Crippen LogP contribution in [0.15, 0.2) is 18.2 Å². The number of amides is 1. The van der Waals surface area contributed by atoms with Crippen molar-refractivity contribution in [3.05, 3.63) is 33.9 Å². The zero-order valence-corrected chi connectivity index (χ0v) is 13.4. The Morgan fingerprint density at radius 1 is 1.35 bits per heavy atom. The lowest BCUT2D eigenvalue weighted by molar-refractivity contribution is -0.384. The number of halogens is 1. The molecule has 0 aromatic heterocycles. The molecule has 0 radical (unpaired) electrons. The third-order valence-corrected chi connectivity index (χ3v) is 3.44. The van der Waals surface area contributed by atoms with Gasteiger partial charge in [-0.1, -0.05) is 6.42 Å². The van der Waals surface area contributed by atoms with Crippen molar-refractivity contribution in [3.8, 4) is 0 Å². The highest BCUT2D eigenvalue weighted by Gasteiger charge is 2.22. The minimum Gasteiger partial charge on any atom is -0.465 e. The van der Waals surface area contributed by atoms with Gasteiger partial charge in [-0.2, -0.15) is 0 Å². The number of anilines is 1. The Morgan fingerprint density at radius 3 is 2.65 bits per heavy atom. The SMILES string of the molecule is COC(=O)c1cc(NC(=O)C2CCCCN2)cc([N+](=O)[O-])c1.Cl. The number of esters is 1. The van der Waals surface area contributed by atoms with Gasteiger partial charge < -0.3 is 15.4 Å². The molecule has 0 saturated carbocycles. The lowest BCUT2D eigenvalue weighted by Gasteiger charge is -2.22. The molecular weight excluding hydrogens is 326 g/mol. The molecule has 1 saturated heterocycles. The molecule has 1 heterocycles. The van der Waals surface area contributed by atoms with Crippen LogP contribution in [0.5, 0.6) is 0 Å². The molecule has 2 N–H and O–H groups in total. The van der Waals surface area contributed by atoms with Crippen molar-refractivity contribution in [2.75, 3.05) is 19.0 Å². The number of rotatable bonds is 4. The number of nitro groups is 1. The number of benzene rings is 1. The molecule has 1 aromatic rings. The van der Waals surface area contributed by atoms with Crippen LogP contribution in [0.4, 0.5) is 11.4 Å². The standard InChI is InChI=1S/C14H17N3O5.ClH/c1-22-14(19)9-6-10(8-11(7-9)17(20)21)16-13(18)12-4-2-3-5-15-12;/h6-8,12,15H,2-5H2,1H3,(H,16,18);1H. The van der Waals surface area contributed by atoms with Gasteiger partial charge in [0.2, 0.25) is 5.91 Å². The molecule has 9 heteroatoms. The summed E-state index contributed by atoms with van der Waals surface area (Å²) in [5.74, 6) is -0.967. The Morgan fingerprint density at radius 2 is 2.09 bits per heavy atom. The average Bonchev–Trinajstić information content (AvgIpc) is 2.54. The zero-order valence-electron chi connectivity index (χ0n) is 12.5. The van der Waals surface area contributed by atoms with Gasteiger partial charge in [0.25, 0.3) is 5.69 Å². The first-order valence-electron chi connectivity index (χ1n) is 6.93. The molecule has 1 unspecified atom stereocenters. The number of hydrogen-bond donors (Lipinski definition) is 2. The number of hydrogen-bond acceptors (Lipinski definition) is 6. The van der Waals surface area contributed by atoms with E-state index >= 15 is 0 Å². The summed E-state index contributed by atoms with van der Waals surface area (Å²) in [4.78, 5) is 34.0. The van der Waals surface area contributed by atoms with Crippen LogP contribution < -0.4 is 10.6 Å². The van der Waals surface area contributed by atoms with Gasteiger partial charge in [-0.25, -0.2) is 4.79 Å². The highest BCUT2D eigenvalue weighted by molar-refractivity contribution is 5.97. The van der Waals surface area contributed by atoms with Crippen molar-refractivity contribution in [1.29, 1.82) is 0 Å². The highest BCUT2D eigenvalue weighted by atomic mass is 35.5. The molecule has 0 aliphatic carbocycles. The van der Waals surface area contributed by atoms with E-state index in [1.54, 1.807) is 0 Å². The van der Waals surface area contributed by atoms with E-state index in [0.717, 1.165) is 25.5 Å². The van der Waals surface area contributed by atoms with Crippen LogP contribution in [0, 0.1) is 10.1 Å². The van der Waals surface area contributed by atoms with Crippen LogP contribution in [0.2, 0.25) is 0 Å². The van der Waals surface area contributed by atoms with Crippen molar-refractivity contribution in [2.45, 2.75) is 25.3 Å². The topological polar surface area (TPSA) is 111 Å². The molecule has 0 bridgehead atoms. The first kappa shape index (κ1) is 18.9. The average molecular weight is 344 g/mol. The van der Waals surface area contributed by atoms with Crippen LogP contribution in [0.3, 0.4) is 0 Å². The minimum atomic E-state index is -0.699. The van der Waals surface area contributed by atoms with Gasteiger partial charge >= 0.3 is 5.97 Å². The monoisotopic (exact) mass is 343 g/mol. The number of carbonyl (C=O) groups excluding carboxylic acids is 2. The van der Waals surface area contributed by atoms with Gasteiger partial charge in [-0.15, -0.1) is 12.4 Å². The third-order valence-electron chi connectivity index (χ3n) is 3.44. The zero-order chi connectivity index (χ0) is 16.1. The van der Waals surface area contributed by atoms with Gasteiger partial charge in [-0.05, 0) is 25.5 Å². The minimum absolute atomic E-state index is 0. The fourth-order valence-electron chi connectivity index (χ4n) is 2.33. The molecular formula is C14H18ClN3O5. The van der Waals surface area contributed by atoms with Crippen LogP contribution >= 0.6 is 12.4 Å². The van der Waals surface area contributed by atoms with Gasteiger partial charge in [0.1, 0.15) is 0 Å². The second kappa shape index (κ2) is 8.44. The molecule has 1 atom stereocenters. The second-order valence-electron chi connectivity index (χ2n) is 5.01. The van der Waals surface area contributed by atoms with Crippen LogP contribution in [0.1, 0.15) is 29.6 Å². The van der Waals surface area contributed by atoms with Crippen LogP contribution in [0.25, 0.3) is 0 Å². The summed E-state index contributed by atoms with van der Waals surface area (Å²) in [5.41, 5.74) is -0.0645. The van der Waals surface area contributed by atoms with E-state index in [2.05, 4.69) is 15.4 Å². The normalized spacial score (nSPS) is 16.8. The number of carbonyl (C=O) groups is 2. The predicted octanol–water partition coefficient (Wildman–Crippen LogP) is 1.88. The van der Waals surface area contributed by atoms with Crippen molar-refractivity contribution < 1.29 is 19.2 Å². The van der Waals surface area contributed by atoms with Gasteiger partial charge in [-0.3, -0.25) is 14.9 Å². The maximum atomic E-state index is 12.1. The van der Waals surface area contributed by atoms with Crippen molar-refractivity contribution in [2.24, 2.45) is 0 Å². The Hall–Kier alpha value is -2.19. The van der Waals surface area contributed by atoms with Crippen LogP contribution in [-0.4, -0.2) is 36.5 Å². The summed E-state index contributed by atoms with van der Waals surface area (Å²) in [7, 11) is 1.19. The molecule has 126 valence electrons. The number of non-ortho nitro benzene ring substituents is 1. The number of nitrogens with zero attached hydrogens (tertiary/aromatic N) is 1. The summed E-state index contributed by atoms with van der Waals surface area (Å²) in [6.45, 7) is 0.764. The van der Waals surface area contributed by atoms with E-state index in [1.807, 2.05) is 0 Å². The molecule has 0 spiro atoms. The van der Waals surface area contributed by atoms with Gasteiger partial charge in [0, 0.05) is 17.8 Å². The Kier molecular flexibility index (Phi) is 6.92. The maximum absolute atomic E-state index is 12.1. The molecule has 1 amide bonds. The fourth-order valence-corrected chi connectivity index (χ4v) is 2.33. The largest absolute Gasteiger partial charge is 0.465 e. The summed E-state index contributed by atoms with van der Waals surface area (Å²) >= 11 is 0. The Labute approximate surface area is 139 Å². The molecule has 8 nitrogen and oxygen atoms in total. The Balaban J connectivity index is 0.00000264. The smallest absolute Gasteiger partial charge is 0.338 e. The van der Waals surface area contributed by atoms with Crippen molar-refractivity contribution >= 4 is 35.7 Å². The lowest BCUT2D eigenvalue weighted by atomic mass is 10.0. The first-order chi connectivity index (χ1) is 10.5. The number of methoxy groups -OCH3 is 1. The van der Waals surface area contributed by atoms with E-state index < -0.39 is 10.9 Å². The van der Waals surface area contributed by atoms with E-state index in [0.29, 0.717) is 6.42 Å². The van der Waals surface area contributed by atoms with Crippen molar-refractivity contribution in [1.82, 2.24) is 5.32 Å². The lowest BCUT2D eigenvalue weighted by Crippen LogP contribution is -2.43. The summed E-state index contributed by atoms with van der Waals surface area (Å²) in [6, 6.07) is 3.36. The quantitative estimate of drug-likeness (QED) is 0.490. The number of nitrogens with one attached hydrogen (secondary N) is 2. The third kappa shape index (κ3) is 4.90.